The fourth-order valence-electron chi connectivity index (χ4n) is 2.18. The van der Waals surface area contributed by atoms with Gasteiger partial charge in [-0.3, -0.25) is 0 Å². The smallest absolute Gasteiger partial charge is 0.453 e. The van der Waals surface area contributed by atoms with Crippen LogP contribution in [-0.4, -0.2) is 30.4 Å². The van der Waals surface area contributed by atoms with Gasteiger partial charge in [-0.1, -0.05) is 0 Å². The molecule has 1 N–H and O–H groups in total. The maximum Gasteiger partial charge on any atom is 0.453 e. The van der Waals surface area contributed by atoms with Crippen LogP contribution in [-0.2, 0) is 12.7 Å². The predicted octanol–water partition coefficient (Wildman–Crippen LogP) is 3.33. The molecule has 0 spiro atoms. The zero-order valence-corrected chi connectivity index (χ0v) is 14.4. The number of rotatable bonds is 4. The number of nitrogens with zero attached hydrogens (tertiary/aromatic N) is 5. The number of nitrogens with one attached hydrogen (secondary N) is 1. The Morgan fingerprint density at radius 1 is 1.12 bits per heavy atom. The predicted molar refractivity (Wildman–Crippen MR) is 87.7 cm³/mol. The highest BCUT2D eigenvalue weighted by Crippen LogP contribution is 2.27. The molecule has 0 amide bonds. The minimum absolute atomic E-state index is 0.0210. The SMILES string of the molecule is CC(C)(C)Oc1cc(CNc2ccc3nnc(C(F)(F)F)n3n2)ccn1. The van der Waals surface area contributed by atoms with Crippen LogP contribution in [0.3, 0.4) is 0 Å². The average molecular weight is 366 g/mol. The van der Waals surface area contributed by atoms with Crippen LogP contribution < -0.4 is 10.1 Å². The second-order valence-corrected chi connectivity index (χ2v) is 6.58. The van der Waals surface area contributed by atoms with Crippen molar-refractivity contribution in [1.82, 2.24) is 24.8 Å². The fourth-order valence-corrected chi connectivity index (χ4v) is 2.18. The van der Waals surface area contributed by atoms with Crippen LogP contribution in [0, 0.1) is 0 Å². The lowest BCUT2D eigenvalue weighted by molar-refractivity contribution is -0.146. The summed E-state index contributed by atoms with van der Waals surface area (Å²) >= 11 is 0. The molecular formula is C16H17F3N6O. The van der Waals surface area contributed by atoms with E-state index in [1.54, 1.807) is 18.3 Å². The first kappa shape index (κ1) is 17.9. The van der Waals surface area contributed by atoms with Crippen LogP contribution in [0.15, 0.2) is 30.5 Å². The van der Waals surface area contributed by atoms with E-state index in [0.29, 0.717) is 16.9 Å². The third-order valence-electron chi connectivity index (χ3n) is 3.20. The van der Waals surface area contributed by atoms with Crippen LogP contribution in [0.5, 0.6) is 5.88 Å². The van der Waals surface area contributed by atoms with E-state index in [1.807, 2.05) is 20.8 Å². The number of pyridine rings is 1. The molecule has 0 aromatic carbocycles. The highest BCUT2D eigenvalue weighted by atomic mass is 19.4. The average Bonchev–Trinajstić information content (AvgIpc) is 2.95. The third-order valence-corrected chi connectivity index (χ3v) is 3.20. The number of alkyl halides is 3. The molecule has 0 fully saturated rings. The van der Waals surface area contributed by atoms with Gasteiger partial charge in [0.25, 0.3) is 5.82 Å². The molecule has 0 bridgehead atoms. The summed E-state index contributed by atoms with van der Waals surface area (Å²) < 4.78 is 45.1. The molecule has 3 rings (SSSR count). The summed E-state index contributed by atoms with van der Waals surface area (Å²) in [6.07, 6.45) is -3.02. The molecule has 10 heteroatoms. The number of fused-ring (bicyclic) bond motifs is 1. The summed E-state index contributed by atoms with van der Waals surface area (Å²) in [4.78, 5) is 4.14. The summed E-state index contributed by atoms with van der Waals surface area (Å²) in [5.41, 5.74) is 0.488. The largest absolute Gasteiger partial charge is 0.472 e. The number of halogens is 3. The normalized spacial score (nSPS) is 12.4. The van der Waals surface area contributed by atoms with Crippen molar-refractivity contribution in [2.75, 3.05) is 5.32 Å². The molecule has 0 atom stereocenters. The van der Waals surface area contributed by atoms with Gasteiger partial charge in [-0.15, -0.1) is 15.3 Å². The Morgan fingerprint density at radius 3 is 2.58 bits per heavy atom. The fraction of sp³-hybridized carbons (Fsp3) is 0.375. The second-order valence-electron chi connectivity index (χ2n) is 6.58. The Bertz CT molecular complexity index is 916. The molecule has 138 valence electrons. The lowest BCUT2D eigenvalue weighted by Gasteiger charge is -2.20. The van der Waals surface area contributed by atoms with E-state index in [0.717, 1.165) is 5.56 Å². The third kappa shape index (κ3) is 4.19. The Kier molecular flexibility index (Phi) is 4.43. The molecule has 0 aliphatic heterocycles. The topological polar surface area (TPSA) is 77.2 Å². The summed E-state index contributed by atoms with van der Waals surface area (Å²) in [6, 6.07) is 6.49. The van der Waals surface area contributed by atoms with Gasteiger partial charge in [-0.2, -0.15) is 17.7 Å². The molecular weight excluding hydrogens is 349 g/mol. The van der Waals surface area contributed by atoms with Crippen molar-refractivity contribution in [1.29, 1.82) is 0 Å². The van der Waals surface area contributed by atoms with E-state index in [1.165, 1.54) is 12.1 Å². The molecule has 0 aliphatic rings. The Labute approximate surface area is 147 Å². The summed E-state index contributed by atoms with van der Waals surface area (Å²) in [6.45, 7) is 6.08. The van der Waals surface area contributed by atoms with E-state index >= 15 is 0 Å². The van der Waals surface area contributed by atoms with Gasteiger partial charge in [-0.05, 0) is 44.5 Å². The van der Waals surface area contributed by atoms with Gasteiger partial charge in [0.1, 0.15) is 11.4 Å². The number of anilines is 1. The van der Waals surface area contributed by atoms with Crippen molar-refractivity contribution in [3.8, 4) is 5.88 Å². The molecule has 0 unspecified atom stereocenters. The van der Waals surface area contributed by atoms with Gasteiger partial charge in [0.2, 0.25) is 5.88 Å². The van der Waals surface area contributed by atoms with E-state index in [9.17, 15) is 13.2 Å². The van der Waals surface area contributed by atoms with Crippen molar-refractivity contribution < 1.29 is 17.9 Å². The maximum absolute atomic E-state index is 12.9. The summed E-state index contributed by atoms with van der Waals surface area (Å²) in [7, 11) is 0. The minimum atomic E-state index is -4.63. The van der Waals surface area contributed by atoms with Crippen LogP contribution in [0.2, 0.25) is 0 Å². The Hall–Kier alpha value is -2.91. The summed E-state index contributed by atoms with van der Waals surface area (Å²) in [5, 5.41) is 13.5. The minimum Gasteiger partial charge on any atom is -0.472 e. The molecule has 3 heterocycles. The standard InChI is InChI=1S/C16H17F3N6O/c1-15(2,3)26-13-8-10(6-7-20-13)9-21-11-4-5-12-22-23-14(16(17,18)19)25(12)24-11/h4-8H,9H2,1-3H3,(H,21,24). The number of aromatic nitrogens is 5. The van der Waals surface area contributed by atoms with Crippen LogP contribution in [0.25, 0.3) is 5.65 Å². The zero-order valence-electron chi connectivity index (χ0n) is 14.4. The first-order chi connectivity index (χ1) is 12.1. The van der Waals surface area contributed by atoms with Gasteiger partial charge in [0.05, 0.1) is 0 Å². The van der Waals surface area contributed by atoms with E-state index in [2.05, 4.69) is 25.6 Å². The van der Waals surface area contributed by atoms with Crippen molar-refractivity contribution >= 4 is 11.5 Å². The highest BCUT2D eigenvalue weighted by Gasteiger charge is 2.37. The van der Waals surface area contributed by atoms with Gasteiger partial charge in [0.15, 0.2) is 5.65 Å². The van der Waals surface area contributed by atoms with Gasteiger partial charge in [-0.25, -0.2) is 4.98 Å². The van der Waals surface area contributed by atoms with E-state index in [4.69, 9.17) is 4.74 Å². The molecule has 0 aliphatic carbocycles. The van der Waals surface area contributed by atoms with Gasteiger partial charge < -0.3 is 10.1 Å². The number of hydrogen-bond acceptors (Lipinski definition) is 6. The van der Waals surface area contributed by atoms with Gasteiger partial charge in [0, 0.05) is 18.8 Å². The molecule has 7 nitrogen and oxygen atoms in total. The van der Waals surface area contributed by atoms with Crippen molar-refractivity contribution in [3.63, 3.8) is 0 Å². The van der Waals surface area contributed by atoms with Crippen LogP contribution in [0.4, 0.5) is 19.0 Å². The quantitative estimate of drug-likeness (QED) is 0.763. The first-order valence-electron chi connectivity index (χ1n) is 7.79. The maximum atomic E-state index is 12.9. The number of ether oxygens (including phenoxy) is 1. The zero-order chi connectivity index (χ0) is 18.9. The number of hydrogen-bond donors (Lipinski definition) is 1. The molecule has 3 aromatic rings. The van der Waals surface area contributed by atoms with Crippen LogP contribution in [0.1, 0.15) is 32.2 Å². The van der Waals surface area contributed by atoms with E-state index in [-0.39, 0.29) is 17.1 Å². The van der Waals surface area contributed by atoms with Crippen molar-refractivity contribution in [3.05, 3.63) is 41.9 Å². The monoisotopic (exact) mass is 366 g/mol. The lowest BCUT2D eigenvalue weighted by Crippen LogP contribution is -2.23. The first-order valence-corrected chi connectivity index (χ1v) is 7.79. The van der Waals surface area contributed by atoms with Crippen LogP contribution >= 0.6 is 0 Å². The summed E-state index contributed by atoms with van der Waals surface area (Å²) in [5.74, 6) is -0.433. The Balaban J connectivity index is 1.77. The van der Waals surface area contributed by atoms with Crippen molar-refractivity contribution in [2.45, 2.75) is 39.1 Å². The van der Waals surface area contributed by atoms with Gasteiger partial charge >= 0.3 is 6.18 Å². The van der Waals surface area contributed by atoms with E-state index < -0.39 is 12.0 Å². The lowest BCUT2D eigenvalue weighted by atomic mass is 10.2. The Morgan fingerprint density at radius 2 is 1.88 bits per heavy atom. The molecule has 0 radical (unpaired) electrons. The highest BCUT2D eigenvalue weighted by molar-refractivity contribution is 5.44. The van der Waals surface area contributed by atoms with Crippen molar-refractivity contribution in [2.24, 2.45) is 0 Å². The molecule has 0 saturated heterocycles. The molecule has 26 heavy (non-hydrogen) atoms. The molecule has 0 saturated carbocycles. The molecule has 3 aromatic heterocycles. The second kappa shape index (κ2) is 6.43.